The van der Waals surface area contributed by atoms with Gasteiger partial charge in [0.1, 0.15) is 0 Å². The van der Waals surface area contributed by atoms with Gasteiger partial charge in [0.05, 0.1) is 11.5 Å². The lowest BCUT2D eigenvalue weighted by molar-refractivity contribution is 0.0493. The Morgan fingerprint density at radius 1 is 1.31 bits per heavy atom. The Bertz CT molecular complexity index is 331. The van der Waals surface area contributed by atoms with Gasteiger partial charge in [0, 0.05) is 0 Å². The third-order valence-corrected chi connectivity index (χ3v) is 4.53. The summed E-state index contributed by atoms with van der Waals surface area (Å²) in [6, 6.07) is 2.62. The average Bonchev–Trinajstić information content (AvgIpc) is 2.16. The second-order valence-electron chi connectivity index (χ2n) is 6.64. The van der Waals surface area contributed by atoms with E-state index in [2.05, 4.69) is 32.9 Å². The molecule has 0 amide bonds. The van der Waals surface area contributed by atoms with Gasteiger partial charge in [-0.1, -0.05) is 32.4 Å². The summed E-state index contributed by atoms with van der Waals surface area (Å²) in [6.07, 6.45) is 9.51. The molecular formula is C15H23N. The lowest BCUT2D eigenvalue weighted by atomic mass is 9.52. The summed E-state index contributed by atoms with van der Waals surface area (Å²) in [5.41, 5.74) is 1.76. The van der Waals surface area contributed by atoms with Crippen molar-refractivity contribution in [1.29, 1.82) is 5.26 Å². The number of allylic oxidation sites excluding steroid dienone is 2. The first-order valence-corrected chi connectivity index (χ1v) is 6.59. The fourth-order valence-corrected chi connectivity index (χ4v) is 3.09. The fraction of sp³-hybridized carbons (Fsp3) is 0.800. The van der Waals surface area contributed by atoms with Crippen molar-refractivity contribution in [2.45, 2.75) is 59.3 Å². The van der Waals surface area contributed by atoms with Crippen molar-refractivity contribution in [3.8, 4) is 6.07 Å². The first-order chi connectivity index (χ1) is 7.48. The van der Waals surface area contributed by atoms with Gasteiger partial charge in [-0.05, 0) is 49.9 Å². The molecule has 2 aliphatic rings. The smallest absolute Gasteiger partial charge is 0.0788 e. The third-order valence-electron chi connectivity index (χ3n) is 4.53. The predicted molar refractivity (Wildman–Crippen MR) is 66.8 cm³/mol. The predicted octanol–water partition coefficient (Wildman–Crippen LogP) is 4.45. The minimum absolute atomic E-state index is 0.0711. The van der Waals surface area contributed by atoms with E-state index in [1.807, 2.05) is 0 Å². The van der Waals surface area contributed by atoms with Gasteiger partial charge in [-0.25, -0.2) is 0 Å². The van der Waals surface area contributed by atoms with E-state index in [-0.39, 0.29) is 5.41 Å². The summed E-state index contributed by atoms with van der Waals surface area (Å²) in [5, 5.41) is 9.48. The molecule has 2 aliphatic carbocycles. The molecule has 0 saturated heterocycles. The molecule has 0 bridgehead atoms. The third kappa shape index (κ3) is 1.90. The van der Waals surface area contributed by atoms with Gasteiger partial charge >= 0.3 is 0 Å². The molecule has 1 fully saturated rings. The molecule has 16 heavy (non-hydrogen) atoms. The normalized spacial score (nSPS) is 34.9. The van der Waals surface area contributed by atoms with Crippen LogP contribution in [0.15, 0.2) is 11.6 Å². The summed E-state index contributed by atoms with van der Waals surface area (Å²) in [6.45, 7) is 6.90. The van der Waals surface area contributed by atoms with E-state index >= 15 is 0 Å². The van der Waals surface area contributed by atoms with Crippen molar-refractivity contribution >= 4 is 0 Å². The highest BCUT2D eigenvalue weighted by atomic mass is 14.5. The Balaban J connectivity index is 2.09. The molecule has 0 aromatic rings. The van der Waals surface area contributed by atoms with E-state index < -0.39 is 0 Å². The number of hydrogen-bond donors (Lipinski definition) is 0. The van der Waals surface area contributed by atoms with Gasteiger partial charge < -0.3 is 0 Å². The molecular weight excluding hydrogens is 194 g/mol. The summed E-state index contributed by atoms with van der Waals surface area (Å²) in [7, 11) is 0. The van der Waals surface area contributed by atoms with Crippen LogP contribution in [-0.4, -0.2) is 0 Å². The van der Waals surface area contributed by atoms with E-state index in [0.29, 0.717) is 5.41 Å². The van der Waals surface area contributed by atoms with Gasteiger partial charge in [0.25, 0.3) is 0 Å². The van der Waals surface area contributed by atoms with Crippen molar-refractivity contribution in [1.82, 2.24) is 0 Å². The quantitative estimate of drug-likeness (QED) is 0.595. The lowest BCUT2D eigenvalue weighted by Crippen LogP contribution is -2.43. The van der Waals surface area contributed by atoms with Crippen LogP contribution in [0.1, 0.15) is 59.3 Å². The second kappa shape index (κ2) is 3.91. The molecule has 2 rings (SSSR count). The maximum absolute atomic E-state index is 9.48. The van der Waals surface area contributed by atoms with Crippen LogP contribution in [0.3, 0.4) is 0 Å². The van der Waals surface area contributed by atoms with Crippen LogP contribution in [0.2, 0.25) is 0 Å². The summed E-state index contributed by atoms with van der Waals surface area (Å²) in [4.78, 5) is 0. The molecule has 88 valence electrons. The SMILES string of the molecule is CC(C)(C)C1CC(C#N)(C2=CCCCC2)C1. The number of hydrogen-bond acceptors (Lipinski definition) is 1. The average molecular weight is 217 g/mol. The van der Waals surface area contributed by atoms with Crippen LogP contribution in [0.4, 0.5) is 0 Å². The molecule has 1 heteroatoms. The minimum Gasteiger partial charge on any atom is -0.197 e. The molecule has 0 atom stereocenters. The molecule has 0 aromatic carbocycles. The zero-order chi connectivity index (χ0) is 11.8. The molecule has 0 N–H and O–H groups in total. The zero-order valence-corrected chi connectivity index (χ0v) is 10.8. The number of nitrogens with zero attached hydrogens (tertiary/aromatic N) is 1. The van der Waals surface area contributed by atoms with Crippen LogP contribution in [0.5, 0.6) is 0 Å². The van der Waals surface area contributed by atoms with E-state index in [0.717, 1.165) is 18.8 Å². The van der Waals surface area contributed by atoms with Crippen LogP contribution < -0.4 is 0 Å². The standard InChI is InChI=1S/C15H23N/c1-14(2,3)13-9-15(10-13,11-16)12-7-5-4-6-8-12/h7,13H,4-6,8-10H2,1-3H3. The Morgan fingerprint density at radius 3 is 2.44 bits per heavy atom. The largest absolute Gasteiger partial charge is 0.197 e. The van der Waals surface area contributed by atoms with E-state index in [4.69, 9.17) is 0 Å². The molecule has 0 heterocycles. The van der Waals surface area contributed by atoms with Gasteiger partial charge in [-0.3, -0.25) is 0 Å². The van der Waals surface area contributed by atoms with Gasteiger partial charge in [-0.15, -0.1) is 0 Å². The monoisotopic (exact) mass is 217 g/mol. The van der Waals surface area contributed by atoms with Crippen molar-refractivity contribution < 1.29 is 0 Å². The van der Waals surface area contributed by atoms with Crippen molar-refractivity contribution in [3.05, 3.63) is 11.6 Å². The van der Waals surface area contributed by atoms with Crippen LogP contribution in [-0.2, 0) is 0 Å². The van der Waals surface area contributed by atoms with E-state index in [9.17, 15) is 5.26 Å². The summed E-state index contributed by atoms with van der Waals surface area (Å²) >= 11 is 0. The molecule has 0 radical (unpaired) electrons. The van der Waals surface area contributed by atoms with Gasteiger partial charge in [0.2, 0.25) is 0 Å². The molecule has 0 unspecified atom stereocenters. The minimum atomic E-state index is -0.0711. The van der Waals surface area contributed by atoms with Crippen LogP contribution in [0.25, 0.3) is 0 Å². The molecule has 1 saturated carbocycles. The molecule has 1 nitrogen and oxygen atoms in total. The Hall–Kier alpha value is -0.770. The topological polar surface area (TPSA) is 23.8 Å². The maximum Gasteiger partial charge on any atom is 0.0788 e. The molecule has 0 spiro atoms. The summed E-state index contributed by atoms with van der Waals surface area (Å²) in [5.74, 6) is 0.731. The Labute approximate surface area is 99.5 Å². The highest BCUT2D eigenvalue weighted by molar-refractivity contribution is 5.30. The highest BCUT2D eigenvalue weighted by Gasteiger charge is 2.50. The van der Waals surface area contributed by atoms with Gasteiger partial charge in [0.15, 0.2) is 0 Å². The Morgan fingerprint density at radius 2 is 2.00 bits per heavy atom. The first-order valence-electron chi connectivity index (χ1n) is 6.59. The number of rotatable bonds is 1. The zero-order valence-electron chi connectivity index (χ0n) is 10.8. The Kier molecular flexibility index (Phi) is 2.86. The molecule has 0 aliphatic heterocycles. The van der Waals surface area contributed by atoms with Crippen LogP contribution >= 0.6 is 0 Å². The second-order valence-corrected chi connectivity index (χ2v) is 6.64. The van der Waals surface area contributed by atoms with Crippen molar-refractivity contribution in [2.24, 2.45) is 16.7 Å². The summed E-state index contributed by atoms with van der Waals surface area (Å²) < 4.78 is 0. The molecule has 0 aromatic heterocycles. The van der Waals surface area contributed by atoms with Crippen LogP contribution in [0, 0.1) is 28.1 Å². The van der Waals surface area contributed by atoms with E-state index in [1.165, 1.54) is 31.3 Å². The van der Waals surface area contributed by atoms with Gasteiger partial charge in [-0.2, -0.15) is 5.26 Å². The van der Waals surface area contributed by atoms with Crippen molar-refractivity contribution in [3.63, 3.8) is 0 Å². The van der Waals surface area contributed by atoms with Crippen molar-refractivity contribution in [2.75, 3.05) is 0 Å². The lowest BCUT2D eigenvalue weighted by Gasteiger charge is -2.50. The van der Waals surface area contributed by atoms with E-state index in [1.54, 1.807) is 0 Å². The first kappa shape index (κ1) is 11.7. The highest BCUT2D eigenvalue weighted by Crippen LogP contribution is 2.57. The maximum atomic E-state index is 9.48. The fourth-order valence-electron chi connectivity index (χ4n) is 3.09. The number of nitriles is 1.